The van der Waals surface area contributed by atoms with E-state index in [1.54, 1.807) is 26.0 Å². The molecule has 0 saturated carbocycles. The zero-order chi connectivity index (χ0) is 37.9. The Hall–Kier alpha value is -2.43. The fourth-order valence-electron chi connectivity index (χ4n) is 7.44. The zero-order valence-corrected chi connectivity index (χ0v) is 31.2. The lowest BCUT2D eigenvalue weighted by Crippen LogP contribution is -2.62. The summed E-state index contributed by atoms with van der Waals surface area (Å²) in [6.45, 7) is 5.18. The van der Waals surface area contributed by atoms with Crippen LogP contribution < -0.4 is 0 Å². The van der Waals surface area contributed by atoms with Gasteiger partial charge in [0.25, 0.3) is 0 Å². The summed E-state index contributed by atoms with van der Waals surface area (Å²) in [7, 11) is 1.20. The minimum absolute atomic E-state index is 0.0270. The SMILES string of the molecule is CCCCCCCC(=O)O[C@H]1/C(=C/C(=O)OC)C[C@H]2C[C@H](CO)OC(=O)C[C@H](O)C[C@@H]3CCCC(O)(C[C@@H]4CCO[C@H](/C=C/C(C)(C)[C@]1(O)O2)O4)O3. The number of esters is 3. The number of hydrogen-bond donors (Lipinski definition) is 4. The maximum atomic E-state index is 13.3. The number of methoxy groups -OCH3 is 1. The molecule has 0 aliphatic carbocycles. The number of carbonyl (C=O) groups is 3. The van der Waals surface area contributed by atoms with Crippen LogP contribution in [0.15, 0.2) is 23.8 Å². The molecule has 296 valence electrons. The Balaban J connectivity index is 1.69. The first kappa shape index (κ1) is 42.3. The molecule has 4 aliphatic heterocycles. The molecule has 52 heavy (non-hydrogen) atoms. The summed E-state index contributed by atoms with van der Waals surface area (Å²) in [6, 6.07) is 0. The van der Waals surface area contributed by atoms with Gasteiger partial charge in [0.15, 0.2) is 18.2 Å². The van der Waals surface area contributed by atoms with Gasteiger partial charge in [0.05, 0.1) is 51.2 Å². The smallest absolute Gasteiger partial charge is 0.330 e. The molecule has 0 radical (unpaired) electrons. The van der Waals surface area contributed by atoms with Gasteiger partial charge in [-0.1, -0.05) is 52.5 Å². The summed E-state index contributed by atoms with van der Waals surface area (Å²) in [5.74, 6) is -5.88. The predicted octanol–water partition coefficient (Wildman–Crippen LogP) is 3.65. The van der Waals surface area contributed by atoms with Crippen molar-refractivity contribution in [2.24, 2.45) is 5.41 Å². The lowest BCUT2D eigenvalue weighted by Gasteiger charge is -2.51. The van der Waals surface area contributed by atoms with E-state index in [0.29, 0.717) is 38.7 Å². The quantitative estimate of drug-likeness (QED) is 0.0879. The number of unbranched alkanes of at least 4 members (excludes halogenated alkanes) is 4. The molecule has 0 aromatic carbocycles. The number of carbonyl (C=O) groups excluding carboxylic acids is 3. The second-order valence-electron chi connectivity index (χ2n) is 15.2. The van der Waals surface area contributed by atoms with E-state index in [2.05, 4.69) is 6.92 Å². The highest BCUT2D eigenvalue weighted by Crippen LogP contribution is 2.47. The Labute approximate surface area is 306 Å². The Bertz CT molecular complexity index is 1250. The van der Waals surface area contributed by atoms with Crippen molar-refractivity contribution >= 4 is 17.9 Å². The lowest BCUT2D eigenvalue weighted by molar-refractivity contribution is -0.327. The highest BCUT2D eigenvalue weighted by Gasteiger charge is 2.57. The molecule has 1 unspecified atom stereocenters. The van der Waals surface area contributed by atoms with Crippen LogP contribution in [0.5, 0.6) is 0 Å². The van der Waals surface area contributed by atoms with E-state index in [-0.39, 0.29) is 44.1 Å². The summed E-state index contributed by atoms with van der Waals surface area (Å²) in [4.78, 5) is 38.9. The first-order valence-corrected chi connectivity index (χ1v) is 18.9. The Morgan fingerprint density at radius 1 is 1.02 bits per heavy atom. The maximum Gasteiger partial charge on any atom is 0.330 e. The van der Waals surface area contributed by atoms with Crippen LogP contribution in [-0.4, -0.2) is 113 Å². The molecule has 4 aliphatic rings. The monoisotopic (exact) mass is 740 g/mol. The van der Waals surface area contributed by atoms with Crippen LogP contribution in [0, 0.1) is 5.41 Å². The Kier molecular flexibility index (Phi) is 15.7. The molecule has 0 amide bonds. The second kappa shape index (κ2) is 19.2. The van der Waals surface area contributed by atoms with Crippen LogP contribution in [0.1, 0.15) is 117 Å². The number of hydrogen-bond acceptors (Lipinski definition) is 14. The standard InChI is InChI=1S/C38H60O14/c1-5-6-7-8-9-12-31(41)50-35-25(19-32(42)46-4)18-29-22-30(24-39)48-33(43)21-26(40)20-27-11-10-15-37(44,51-27)23-28-14-17-47-34(49-28)13-16-36(2,3)38(35,45)52-29/h13,16,19,26-30,34-35,39-40,44-45H,5-12,14-15,17-18,20-24H2,1-4H3/b16-13+,25-19+/t26-,27+,28+,29+,30-,34+,35+,37?,38-/m1/s1. The summed E-state index contributed by atoms with van der Waals surface area (Å²) in [5, 5.41) is 45.0. The van der Waals surface area contributed by atoms with Gasteiger partial charge in [-0.2, -0.15) is 0 Å². The van der Waals surface area contributed by atoms with Crippen molar-refractivity contribution in [2.45, 2.75) is 172 Å². The molecule has 4 N–H and O–H groups in total. The molecule has 14 heteroatoms. The van der Waals surface area contributed by atoms with Gasteiger partial charge in [-0.05, 0) is 43.8 Å². The fraction of sp³-hybridized carbons (Fsp3) is 0.816. The van der Waals surface area contributed by atoms with Gasteiger partial charge in [0.2, 0.25) is 5.79 Å². The lowest BCUT2D eigenvalue weighted by atomic mass is 9.74. The van der Waals surface area contributed by atoms with Crippen molar-refractivity contribution in [3.05, 3.63) is 23.8 Å². The number of cyclic esters (lactones) is 1. The Morgan fingerprint density at radius 2 is 1.79 bits per heavy atom. The third-order valence-corrected chi connectivity index (χ3v) is 10.4. The van der Waals surface area contributed by atoms with Crippen molar-refractivity contribution in [3.8, 4) is 0 Å². The van der Waals surface area contributed by atoms with Crippen molar-refractivity contribution < 1.29 is 68.0 Å². The molecule has 14 nitrogen and oxygen atoms in total. The molecular weight excluding hydrogens is 680 g/mol. The molecule has 0 aromatic rings. The third-order valence-electron chi connectivity index (χ3n) is 10.4. The van der Waals surface area contributed by atoms with Crippen LogP contribution in [0.3, 0.4) is 0 Å². The first-order valence-electron chi connectivity index (χ1n) is 18.9. The normalized spacial score (nSPS) is 37.3. The van der Waals surface area contributed by atoms with Gasteiger partial charge in [-0.15, -0.1) is 0 Å². The highest BCUT2D eigenvalue weighted by molar-refractivity contribution is 5.83. The number of fused-ring (bicyclic) bond motifs is 6. The number of ether oxygens (including phenoxy) is 7. The topological polar surface area (TPSA) is 197 Å². The van der Waals surface area contributed by atoms with Crippen LogP contribution in [0.25, 0.3) is 0 Å². The van der Waals surface area contributed by atoms with E-state index in [0.717, 1.165) is 31.8 Å². The van der Waals surface area contributed by atoms with Crippen molar-refractivity contribution in [3.63, 3.8) is 0 Å². The molecule has 3 fully saturated rings. The number of aliphatic hydroxyl groups excluding tert-OH is 2. The first-order chi connectivity index (χ1) is 24.7. The van der Waals surface area contributed by atoms with Gasteiger partial charge < -0.3 is 53.6 Å². The molecule has 4 rings (SSSR count). The van der Waals surface area contributed by atoms with Crippen LogP contribution in [0.4, 0.5) is 0 Å². The largest absolute Gasteiger partial charge is 0.466 e. The molecular formula is C38H60O14. The second-order valence-corrected chi connectivity index (χ2v) is 15.2. The molecule has 3 saturated heterocycles. The van der Waals surface area contributed by atoms with E-state index < -0.39 is 84.4 Å². The third kappa shape index (κ3) is 11.8. The van der Waals surface area contributed by atoms with Gasteiger partial charge >= 0.3 is 17.9 Å². The maximum absolute atomic E-state index is 13.3. The Morgan fingerprint density at radius 3 is 2.52 bits per heavy atom. The van der Waals surface area contributed by atoms with E-state index in [9.17, 15) is 34.8 Å². The van der Waals surface area contributed by atoms with E-state index >= 15 is 0 Å². The van der Waals surface area contributed by atoms with Crippen LogP contribution in [0.2, 0.25) is 0 Å². The average Bonchev–Trinajstić information content (AvgIpc) is 3.08. The molecule has 6 bridgehead atoms. The molecule has 4 heterocycles. The molecule has 0 aromatic heterocycles. The summed E-state index contributed by atoms with van der Waals surface area (Å²) < 4.78 is 41.0. The van der Waals surface area contributed by atoms with Gasteiger partial charge in [0, 0.05) is 43.6 Å². The van der Waals surface area contributed by atoms with Crippen molar-refractivity contribution in [1.82, 2.24) is 0 Å². The van der Waals surface area contributed by atoms with E-state index in [4.69, 9.17) is 33.2 Å². The fourth-order valence-corrected chi connectivity index (χ4v) is 7.44. The van der Waals surface area contributed by atoms with Crippen molar-refractivity contribution in [2.75, 3.05) is 20.3 Å². The summed E-state index contributed by atoms with van der Waals surface area (Å²) >= 11 is 0. The molecule has 0 spiro atoms. The minimum Gasteiger partial charge on any atom is -0.466 e. The van der Waals surface area contributed by atoms with Gasteiger partial charge in [-0.3, -0.25) is 9.59 Å². The van der Waals surface area contributed by atoms with Crippen LogP contribution >= 0.6 is 0 Å². The zero-order valence-electron chi connectivity index (χ0n) is 31.2. The van der Waals surface area contributed by atoms with E-state index in [1.165, 1.54) is 7.11 Å². The molecule has 9 atom stereocenters. The highest BCUT2D eigenvalue weighted by atomic mass is 16.7. The minimum atomic E-state index is -2.29. The summed E-state index contributed by atoms with van der Waals surface area (Å²) in [5.41, 5.74) is -1.13. The van der Waals surface area contributed by atoms with Crippen molar-refractivity contribution in [1.29, 1.82) is 0 Å². The van der Waals surface area contributed by atoms with Gasteiger partial charge in [-0.25, -0.2) is 4.79 Å². The number of rotatable bonds is 9. The number of aliphatic hydroxyl groups is 4. The predicted molar refractivity (Wildman–Crippen MR) is 185 cm³/mol. The summed E-state index contributed by atoms with van der Waals surface area (Å²) in [6.07, 6.45) is 4.48. The van der Waals surface area contributed by atoms with E-state index in [1.807, 2.05) is 0 Å². The van der Waals surface area contributed by atoms with Gasteiger partial charge in [0.1, 0.15) is 6.10 Å². The van der Waals surface area contributed by atoms with Crippen LogP contribution in [-0.2, 0) is 47.5 Å². The average molecular weight is 741 g/mol.